The van der Waals surface area contributed by atoms with E-state index < -0.39 is 0 Å². The van der Waals surface area contributed by atoms with E-state index in [-0.39, 0.29) is 26.4 Å². The van der Waals surface area contributed by atoms with Crippen LogP contribution in [0.25, 0.3) is 0 Å². The largest absolute Gasteiger partial charge is 1.00 e. The molecular formula is C3H10FNTi. The van der Waals surface area contributed by atoms with E-state index in [1.54, 1.807) is 0 Å². The first kappa shape index (κ1) is 16.0. The van der Waals surface area contributed by atoms with Crippen molar-refractivity contribution < 1.29 is 31.3 Å². The molecule has 0 spiro atoms. The summed E-state index contributed by atoms with van der Waals surface area (Å²) in [6.45, 7) is 0. The van der Waals surface area contributed by atoms with Gasteiger partial charge in [0.25, 0.3) is 0 Å². The first-order valence-corrected chi connectivity index (χ1v) is 1.50. The summed E-state index contributed by atoms with van der Waals surface area (Å²) >= 11 is 0. The second kappa shape index (κ2) is 9.15. The maximum Gasteiger partial charge on any atom is 0.0661 e. The maximum atomic E-state index is 2.08. The fourth-order valence-electron chi connectivity index (χ4n) is 0. The van der Waals surface area contributed by atoms with Gasteiger partial charge in [-0.3, -0.25) is 0 Å². The molecule has 3 heteroatoms. The van der Waals surface area contributed by atoms with Crippen molar-refractivity contribution in [2.75, 3.05) is 21.1 Å². The van der Waals surface area contributed by atoms with Crippen LogP contribution in [0.15, 0.2) is 0 Å². The number of rotatable bonds is 0. The zero-order valence-corrected chi connectivity index (χ0v) is 5.94. The van der Waals surface area contributed by atoms with E-state index in [4.69, 9.17) is 0 Å². The van der Waals surface area contributed by atoms with Gasteiger partial charge >= 0.3 is 0 Å². The molecule has 0 aromatic rings. The Kier molecular flexibility index (Phi) is 24.3. The molecule has 0 radical (unpaired) electrons. The summed E-state index contributed by atoms with van der Waals surface area (Å²) in [6.07, 6.45) is 0. The van der Waals surface area contributed by atoms with Gasteiger partial charge in [0.2, 0.25) is 0 Å². The van der Waals surface area contributed by atoms with Crippen molar-refractivity contribution >= 4 is 0 Å². The number of nitrogens with one attached hydrogen (secondary N) is 1. The van der Waals surface area contributed by atoms with E-state index in [1.165, 1.54) is 4.90 Å². The Morgan fingerprint density at radius 3 is 1.00 bits per heavy atom. The van der Waals surface area contributed by atoms with Crippen molar-refractivity contribution in [2.24, 2.45) is 0 Å². The third kappa shape index (κ3) is 164. The molecule has 0 saturated carbocycles. The second-order valence-electron chi connectivity index (χ2n) is 1.50. The van der Waals surface area contributed by atoms with Crippen LogP contribution >= 0.6 is 0 Å². The van der Waals surface area contributed by atoms with Gasteiger partial charge < -0.3 is 9.60 Å². The Bertz CT molecular complexity index is 15.5. The smallest absolute Gasteiger partial charge is 0.0661 e. The van der Waals surface area contributed by atoms with E-state index >= 15 is 0 Å². The maximum absolute atomic E-state index is 2.08. The predicted octanol–water partition coefficient (Wildman–Crippen LogP) is -4.24. The summed E-state index contributed by atoms with van der Waals surface area (Å²) in [7, 11) is 6.25. The van der Waals surface area contributed by atoms with E-state index in [0.29, 0.717) is 0 Å². The fraction of sp³-hybridized carbons (Fsp3) is 1.00. The average molecular weight is 127 g/mol. The topological polar surface area (TPSA) is 4.44 Å². The molecule has 0 aromatic carbocycles. The molecule has 1 N–H and O–H groups in total. The van der Waals surface area contributed by atoms with E-state index in [1.807, 2.05) is 0 Å². The molecule has 0 aromatic heterocycles. The van der Waals surface area contributed by atoms with Crippen molar-refractivity contribution in [3.63, 3.8) is 0 Å². The van der Waals surface area contributed by atoms with Crippen LogP contribution in [-0.2, 0) is 21.7 Å². The molecule has 0 aliphatic carbocycles. The van der Waals surface area contributed by atoms with Crippen molar-refractivity contribution in [1.29, 1.82) is 0 Å². The van der Waals surface area contributed by atoms with Gasteiger partial charge in [0, 0.05) is 21.7 Å². The number of hydrogen-bond acceptors (Lipinski definition) is 0. The van der Waals surface area contributed by atoms with Crippen molar-refractivity contribution in [2.45, 2.75) is 0 Å². The van der Waals surface area contributed by atoms with Gasteiger partial charge in [-0.05, 0) is 0 Å². The van der Waals surface area contributed by atoms with Crippen LogP contribution in [0.1, 0.15) is 0 Å². The zero-order valence-electron chi connectivity index (χ0n) is 4.38. The van der Waals surface area contributed by atoms with Crippen molar-refractivity contribution in [3.05, 3.63) is 0 Å². The Morgan fingerprint density at radius 1 is 1.00 bits per heavy atom. The standard InChI is InChI=1S/C3H9N.FH.Ti/c1-4(2)3;;/h1-3H3;1H;. The summed E-state index contributed by atoms with van der Waals surface area (Å²) in [4.78, 5) is 1.42. The molecule has 0 amide bonds. The van der Waals surface area contributed by atoms with Gasteiger partial charge in [0.15, 0.2) is 0 Å². The minimum absolute atomic E-state index is 0. The van der Waals surface area contributed by atoms with Crippen LogP contribution in [0.5, 0.6) is 0 Å². The van der Waals surface area contributed by atoms with Gasteiger partial charge in [-0.25, -0.2) is 0 Å². The first-order valence-electron chi connectivity index (χ1n) is 1.50. The monoisotopic (exact) mass is 127 g/mol. The Labute approximate surface area is 53.0 Å². The molecule has 0 rings (SSSR count). The van der Waals surface area contributed by atoms with Crippen LogP contribution < -0.4 is 9.60 Å². The summed E-state index contributed by atoms with van der Waals surface area (Å²) in [5.41, 5.74) is 0. The van der Waals surface area contributed by atoms with E-state index in [0.717, 1.165) is 0 Å². The van der Waals surface area contributed by atoms with Gasteiger partial charge in [-0.1, -0.05) is 0 Å². The minimum Gasteiger partial charge on any atom is -1.00 e. The zero-order chi connectivity index (χ0) is 3.58. The van der Waals surface area contributed by atoms with Crippen LogP contribution in [0.4, 0.5) is 0 Å². The molecule has 0 fully saturated rings. The SMILES string of the molecule is C[NH+](C)C.[F-].[Ti]. The summed E-state index contributed by atoms with van der Waals surface area (Å²) in [5.74, 6) is 0. The fourth-order valence-corrected chi connectivity index (χ4v) is 0. The molecule has 38 valence electrons. The van der Waals surface area contributed by atoms with Gasteiger partial charge in [0.05, 0.1) is 21.1 Å². The predicted molar refractivity (Wildman–Crippen MR) is 18.7 cm³/mol. The third-order valence-corrected chi connectivity index (χ3v) is 0. The van der Waals surface area contributed by atoms with Gasteiger partial charge in [0.1, 0.15) is 0 Å². The summed E-state index contributed by atoms with van der Waals surface area (Å²) in [6, 6.07) is 0. The molecule has 0 atom stereocenters. The molecule has 0 heterocycles. The minimum atomic E-state index is 0. The van der Waals surface area contributed by atoms with E-state index in [2.05, 4.69) is 21.1 Å². The van der Waals surface area contributed by atoms with Crippen molar-refractivity contribution in [3.8, 4) is 0 Å². The average Bonchev–Trinajstić information content (AvgIpc) is 0.811. The van der Waals surface area contributed by atoms with Crippen LogP contribution in [0, 0.1) is 0 Å². The van der Waals surface area contributed by atoms with Crippen LogP contribution in [0.2, 0.25) is 0 Å². The first-order chi connectivity index (χ1) is 1.73. The number of hydrogen-bond donors (Lipinski definition) is 1. The summed E-state index contributed by atoms with van der Waals surface area (Å²) < 4.78 is 0. The van der Waals surface area contributed by atoms with Crippen molar-refractivity contribution in [1.82, 2.24) is 0 Å². The Balaban J connectivity index is -0.0000000450. The Morgan fingerprint density at radius 2 is 1.00 bits per heavy atom. The molecule has 0 saturated heterocycles. The molecule has 0 bridgehead atoms. The quantitative estimate of drug-likeness (QED) is 0.314. The Hall–Kier alpha value is 0.604. The summed E-state index contributed by atoms with van der Waals surface area (Å²) in [5, 5.41) is 0. The second-order valence-corrected chi connectivity index (χ2v) is 1.50. The third-order valence-electron chi connectivity index (χ3n) is 0. The molecular weight excluding hydrogens is 117 g/mol. The molecule has 0 aliphatic rings. The molecule has 0 unspecified atom stereocenters. The van der Waals surface area contributed by atoms with Crippen LogP contribution in [0.3, 0.4) is 0 Å². The molecule has 1 nitrogen and oxygen atoms in total. The van der Waals surface area contributed by atoms with Gasteiger partial charge in [-0.2, -0.15) is 0 Å². The van der Waals surface area contributed by atoms with Gasteiger partial charge in [-0.15, -0.1) is 0 Å². The normalized spacial score (nSPS) is 6.00. The molecule has 0 aliphatic heterocycles. The number of halogens is 1. The number of quaternary nitrogens is 1. The van der Waals surface area contributed by atoms with E-state index in [9.17, 15) is 0 Å². The molecule has 6 heavy (non-hydrogen) atoms. The van der Waals surface area contributed by atoms with Crippen LogP contribution in [-0.4, -0.2) is 21.1 Å².